The number of aryl methyl sites for hydroxylation is 1. The second-order valence-corrected chi connectivity index (χ2v) is 5.87. The smallest absolute Gasteiger partial charge is 0.226 e. The lowest BCUT2D eigenvalue weighted by Gasteiger charge is -2.34. The van der Waals surface area contributed by atoms with Gasteiger partial charge >= 0.3 is 0 Å². The minimum atomic E-state index is -0.180. The highest BCUT2D eigenvalue weighted by atomic mass is 79.9. The van der Waals surface area contributed by atoms with Crippen LogP contribution in [0, 0.1) is 6.92 Å². The van der Waals surface area contributed by atoms with Gasteiger partial charge in [0, 0.05) is 17.9 Å². The first-order valence-corrected chi connectivity index (χ1v) is 7.51. The number of alkyl halides is 1. The lowest BCUT2D eigenvalue weighted by molar-refractivity contribution is -0.134. The maximum absolute atomic E-state index is 12.0. The average Bonchev–Trinajstić information content (AvgIpc) is 2.37. The Hall–Kier alpha value is -1.03. The van der Waals surface area contributed by atoms with Crippen molar-refractivity contribution in [3.05, 3.63) is 29.8 Å². The predicted molar refractivity (Wildman–Crippen MR) is 81.9 cm³/mol. The Kier molecular flexibility index (Phi) is 5.85. The molecule has 0 bridgehead atoms. The number of hydrogen-bond donors (Lipinski definition) is 0. The first kappa shape index (κ1) is 16.0. The molecule has 0 unspecified atom stereocenters. The number of hydrogen-bond acceptors (Lipinski definition) is 2. The van der Waals surface area contributed by atoms with E-state index in [4.69, 9.17) is 4.74 Å². The van der Waals surface area contributed by atoms with E-state index in [9.17, 15) is 4.79 Å². The van der Waals surface area contributed by atoms with Crippen molar-refractivity contribution in [1.82, 2.24) is 4.90 Å². The molecule has 0 aliphatic rings. The van der Waals surface area contributed by atoms with Gasteiger partial charge in [0.25, 0.3) is 0 Å². The largest absolute Gasteiger partial charge is 0.493 e. The summed E-state index contributed by atoms with van der Waals surface area (Å²) in [5, 5.41) is 0.751. The fourth-order valence-corrected chi connectivity index (χ4v) is 1.93. The molecule has 0 aliphatic carbocycles. The number of ether oxygens (including phenoxy) is 1. The van der Waals surface area contributed by atoms with Gasteiger partial charge in [-0.2, -0.15) is 0 Å². The van der Waals surface area contributed by atoms with Gasteiger partial charge in [-0.3, -0.25) is 4.79 Å². The molecule has 19 heavy (non-hydrogen) atoms. The van der Waals surface area contributed by atoms with Crippen LogP contribution in [0.2, 0.25) is 0 Å². The minimum Gasteiger partial charge on any atom is -0.493 e. The molecule has 1 aromatic carbocycles. The van der Waals surface area contributed by atoms with Crippen LogP contribution < -0.4 is 4.74 Å². The third-order valence-corrected chi connectivity index (χ3v) is 4.56. The first-order chi connectivity index (χ1) is 8.86. The zero-order valence-electron chi connectivity index (χ0n) is 12.1. The van der Waals surface area contributed by atoms with Crippen molar-refractivity contribution in [1.29, 1.82) is 0 Å². The Morgan fingerprint density at radius 2 is 2.11 bits per heavy atom. The van der Waals surface area contributed by atoms with E-state index in [2.05, 4.69) is 15.9 Å². The van der Waals surface area contributed by atoms with E-state index in [1.54, 1.807) is 4.90 Å². The number of benzene rings is 1. The first-order valence-electron chi connectivity index (χ1n) is 6.39. The van der Waals surface area contributed by atoms with Crippen molar-refractivity contribution in [2.45, 2.75) is 32.7 Å². The lowest BCUT2D eigenvalue weighted by atomic mass is 10.1. The Morgan fingerprint density at radius 1 is 1.42 bits per heavy atom. The van der Waals surface area contributed by atoms with Crippen LogP contribution in [0.15, 0.2) is 24.3 Å². The third-order valence-electron chi connectivity index (χ3n) is 3.18. The highest BCUT2D eigenvalue weighted by molar-refractivity contribution is 9.09. The van der Waals surface area contributed by atoms with E-state index in [0.29, 0.717) is 13.0 Å². The number of rotatable bonds is 6. The fourth-order valence-electron chi connectivity index (χ4n) is 1.56. The van der Waals surface area contributed by atoms with E-state index in [-0.39, 0.29) is 11.4 Å². The van der Waals surface area contributed by atoms with Gasteiger partial charge in [-0.1, -0.05) is 28.1 Å². The van der Waals surface area contributed by atoms with Crippen LogP contribution in [-0.4, -0.2) is 35.3 Å². The highest BCUT2D eigenvalue weighted by Gasteiger charge is 2.25. The quantitative estimate of drug-likeness (QED) is 0.749. The summed E-state index contributed by atoms with van der Waals surface area (Å²) in [5.41, 5.74) is 0.974. The van der Waals surface area contributed by atoms with Gasteiger partial charge in [-0.15, -0.1) is 0 Å². The van der Waals surface area contributed by atoms with Crippen molar-refractivity contribution in [2.75, 3.05) is 19.0 Å². The molecule has 1 rings (SSSR count). The monoisotopic (exact) mass is 327 g/mol. The zero-order valence-corrected chi connectivity index (χ0v) is 13.7. The molecule has 0 N–H and O–H groups in total. The molecule has 3 nitrogen and oxygen atoms in total. The summed E-state index contributed by atoms with van der Waals surface area (Å²) >= 11 is 3.43. The SMILES string of the molecule is Cc1cccc(OCCC(=O)N(C)C(C)(C)CBr)c1. The van der Waals surface area contributed by atoms with E-state index in [1.807, 2.05) is 52.1 Å². The van der Waals surface area contributed by atoms with E-state index < -0.39 is 0 Å². The number of carbonyl (C=O) groups is 1. The molecule has 0 aromatic heterocycles. The van der Waals surface area contributed by atoms with Gasteiger partial charge in [0.05, 0.1) is 13.0 Å². The standard InChI is InChI=1S/C15H22BrNO2/c1-12-6-5-7-13(10-12)19-9-8-14(18)17(4)15(2,3)11-16/h5-7,10H,8-9,11H2,1-4H3. The van der Waals surface area contributed by atoms with Crippen molar-refractivity contribution in [3.8, 4) is 5.75 Å². The molecule has 1 amide bonds. The second-order valence-electron chi connectivity index (χ2n) is 5.31. The van der Waals surface area contributed by atoms with Crippen molar-refractivity contribution >= 4 is 21.8 Å². The molecule has 4 heteroatoms. The molecule has 0 atom stereocenters. The number of carbonyl (C=O) groups excluding carboxylic acids is 1. The Balaban J connectivity index is 2.43. The minimum absolute atomic E-state index is 0.0945. The maximum atomic E-state index is 12.0. The van der Waals surface area contributed by atoms with E-state index in [0.717, 1.165) is 16.6 Å². The van der Waals surface area contributed by atoms with Gasteiger partial charge in [0.1, 0.15) is 5.75 Å². The third kappa shape index (κ3) is 4.86. The summed E-state index contributed by atoms with van der Waals surface area (Å²) < 4.78 is 5.59. The van der Waals surface area contributed by atoms with Crippen LogP contribution in [0.5, 0.6) is 5.75 Å². The number of halogens is 1. The van der Waals surface area contributed by atoms with Gasteiger partial charge in [0.2, 0.25) is 5.91 Å². The van der Waals surface area contributed by atoms with Gasteiger partial charge in [-0.25, -0.2) is 0 Å². The van der Waals surface area contributed by atoms with E-state index in [1.165, 1.54) is 0 Å². The lowest BCUT2D eigenvalue weighted by Crippen LogP contribution is -2.46. The Morgan fingerprint density at radius 3 is 2.68 bits per heavy atom. The van der Waals surface area contributed by atoms with Crippen molar-refractivity contribution in [2.24, 2.45) is 0 Å². The molecule has 0 spiro atoms. The van der Waals surface area contributed by atoms with Crippen LogP contribution in [0.4, 0.5) is 0 Å². The summed E-state index contributed by atoms with van der Waals surface area (Å²) in [5.74, 6) is 0.910. The molecule has 0 radical (unpaired) electrons. The van der Waals surface area contributed by atoms with Crippen LogP contribution in [0.25, 0.3) is 0 Å². The number of nitrogens with zero attached hydrogens (tertiary/aromatic N) is 1. The summed E-state index contributed by atoms with van der Waals surface area (Å²) in [7, 11) is 1.83. The highest BCUT2D eigenvalue weighted by Crippen LogP contribution is 2.17. The van der Waals surface area contributed by atoms with Gasteiger partial charge < -0.3 is 9.64 Å². The van der Waals surface area contributed by atoms with Crippen molar-refractivity contribution in [3.63, 3.8) is 0 Å². The summed E-state index contributed by atoms with van der Waals surface area (Å²) in [6, 6.07) is 7.84. The Labute approximate surface area is 124 Å². The van der Waals surface area contributed by atoms with Gasteiger partial charge in [0.15, 0.2) is 0 Å². The van der Waals surface area contributed by atoms with Crippen LogP contribution in [0.1, 0.15) is 25.8 Å². The summed E-state index contributed by atoms with van der Waals surface area (Å²) in [6.07, 6.45) is 0.390. The summed E-state index contributed by atoms with van der Waals surface area (Å²) in [6.45, 7) is 6.48. The molecule has 1 aromatic rings. The topological polar surface area (TPSA) is 29.5 Å². The van der Waals surface area contributed by atoms with Gasteiger partial charge in [-0.05, 0) is 38.5 Å². The second kappa shape index (κ2) is 6.94. The van der Waals surface area contributed by atoms with E-state index >= 15 is 0 Å². The maximum Gasteiger partial charge on any atom is 0.226 e. The molecular weight excluding hydrogens is 306 g/mol. The molecule has 106 valence electrons. The molecule has 0 saturated heterocycles. The van der Waals surface area contributed by atoms with Crippen molar-refractivity contribution < 1.29 is 9.53 Å². The normalized spacial score (nSPS) is 11.2. The van der Waals surface area contributed by atoms with Crippen LogP contribution in [0.3, 0.4) is 0 Å². The molecule has 0 saturated carbocycles. The molecule has 0 heterocycles. The molecular formula is C15H22BrNO2. The Bertz CT molecular complexity index is 432. The summed E-state index contributed by atoms with van der Waals surface area (Å²) in [4.78, 5) is 13.8. The average molecular weight is 328 g/mol. The predicted octanol–water partition coefficient (Wildman–Crippen LogP) is 3.40. The van der Waals surface area contributed by atoms with Crippen LogP contribution in [-0.2, 0) is 4.79 Å². The zero-order chi connectivity index (χ0) is 14.5. The fraction of sp³-hybridized carbons (Fsp3) is 0.533. The van der Waals surface area contributed by atoms with Crippen LogP contribution >= 0.6 is 15.9 Å². The molecule has 0 fully saturated rings. The number of amides is 1. The molecule has 0 aliphatic heterocycles.